The number of rotatable bonds is 6. The molecule has 0 saturated heterocycles. The molecule has 18 heavy (non-hydrogen) atoms. The Morgan fingerprint density at radius 1 is 1.61 bits per heavy atom. The van der Waals surface area contributed by atoms with Gasteiger partial charge in [-0.1, -0.05) is 0 Å². The van der Waals surface area contributed by atoms with E-state index in [1.54, 1.807) is 19.9 Å². The molecule has 0 aliphatic heterocycles. The molecule has 0 N–H and O–H groups in total. The summed E-state index contributed by atoms with van der Waals surface area (Å²) < 4.78 is 14.2. The molecular weight excluding hydrogens is 235 g/mol. The number of pyridine rings is 1. The molecule has 0 aliphatic carbocycles. The maximum absolute atomic E-state index is 11.1. The van der Waals surface area contributed by atoms with E-state index < -0.39 is 5.97 Å². The zero-order valence-electron chi connectivity index (χ0n) is 10.3. The zero-order valence-corrected chi connectivity index (χ0v) is 10.3. The molecule has 1 aromatic rings. The van der Waals surface area contributed by atoms with Crippen molar-refractivity contribution in [3.63, 3.8) is 0 Å². The molecule has 0 unspecified atom stereocenters. The first-order chi connectivity index (χ1) is 8.67. The van der Waals surface area contributed by atoms with E-state index in [2.05, 4.69) is 14.6 Å². The molecule has 6 nitrogen and oxygen atoms in total. The number of ether oxygens (including phenoxy) is 2. The minimum atomic E-state index is -0.433. The van der Waals surface area contributed by atoms with Crippen LogP contribution in [0.5, 0.6) is 5.88 Å². The molecule has 0 amide bonds. The highest BCUT2D eigenvalue weighted by Crippen LogP contribution is 2.20. The largest absolute Gasteiger partial charge is 0.560 e. The zero-order chi connectivity index (χ0) is 13.4. The first-order valence-electron chi connectivity index (χ1n) is 5.30. The molecule has 2 radical (unpaired) electrons. The number of aliphatic imine (C=N–C) groups is 1. The lowest BCUT2D eigenvalue weighted by Crippen LogP contribution is -2.15. The van der Waals surface area contributed by atoms with Crippen LogP contribution in [0.15, 0.2) is 17.3 Å². The second-order valence-electron chi connectivity index (χ2n) is 3.28. The van der Waals surface area contributed by atoms with Crippen LogP contribution in [0.3, 0.4) is 0 Å². The molecule has 0 fully saturated rings. The Morgan fingerprint density at radius 3 is 3.00 bits per heavy atom. The van der Waals surface area contributed by atoms with Crippen molar-refractivity contribution in [1.29, 1.82) is 0 Å². The van der Waals surface area contributed by atoms with Gasteiger partial charge in [-0.05, 0) is 19.9 Å². The van der Waals surface area contributed by atoms with Gasteiger partial charge in [0.25, 0.3) is 0 Å². The molecule has 0 atom stereocenters. The van der Waals surface area contributed by atoms with Crippen LogP contribution >= 0.6 is 0 Å². The third kappa shape index (κ3) is 4.44. The number of hydrogen-bond acceptors (Lipinski definition) is 6. The molecule has 0 spiro atoms. The number of esters is 1. The minimum Gasteiger partial charge on any atom is -0.560 e. The van der Waals surface area contributed by atoms with Gasteiger partial charge in [0.1, 0.15) is 0 Å². The van der Waals surface area contributed by atoms with Gasteiger partial charge in [0.15, 0.2) is 13.0 Å². The van der Waals surface area contributed by atoms with Crippen molar-refractivity contribution in [2.24, 2.45) is 4.99 Å². The van der Waals surface area contributed by atoms with Crippen molar-refractivity contribution in [3.05, 3.63) is 17.8 Å². The average Bonchev–Trinajstić information content (AvgIpc) is 2.35. The average molecular weight is 248 g/mol. The number of carbonyl (C=O) groups excluding carboxylic acids is 1. The van der Waals surface area contributed by atoms with E-state index in [9.17, 15) is 4.79 Å². The SMILES string of the molecule is [B]OC=Nc1cnc(OCC(=O)OCC)c(C)c1. The van der Waals surface area contributed by atoms with E-state index in [-0.39, 0.29) is 6.61 Å². The monoisotopic (exact) mass is 248 g/mol. The van der Waals surface area contributed by atoms with E-state index in [4.69, 9.17) is 17.5 Å². The van der Waals surface area contributed by atoms with Crippen molar-refractivity contribution in [1.82, 2.24) is 4.98 Å². The van der Waals surface area contributed by atoms with Crippen molar-refractivity contribution >= 4 is 26.1 Å². The Kier molecular flexibility index (Phi) is 5.70. The lowest BCUT2D eigenvalue weighted by Gasteiger charge is -2.07. The van der Waals surface area contributed by atoms with E-state index in [1.165, 1.54) is 6.20 Å². The van der Waals surface area contributed by atoms with Crippen LogP contribution in [-0.2, 0) is 14.2 Å². The van der Waals surface area contributed by atoms with Crippen LogP contribution in [0.2, 0.25) is 0 Å². The second-order valence-corrected chi connectivity index (χ2v) is 3.28. The number of aromatic nitrogens is 1. The Balaban J connectivity index is 2.62. The third-order valence-corrected chi connectivity index (χ3v) is 1.91. The quantitative estimate of drug-likeness (QED) is 0.326. The first-order valence-corrected chi connectivity index (χ1v) is 5.30. The van der Waals surface area contributed by atoms with Crippen LogP contribution in [-0.4, -0.2) is 38.6 Å². The van der Waals surface area contributed by atoms with Crippen molar-refractivity contribution in [2.75, 3.05) is 13.2 Å². The number of aryl methyl sites for hydroxylation is 1. The van der Waals surface area contributed by atoms with Gasteiger partial charge in [-0.25, -0.2) is 14.8 Å². The van der Waals surface area contributed by atoms with Gasteiger partial charge in [-0.15, -0.1) is 0 Å². The van der Waals surface area contributed by atoms with Gasteiger partial charge in [-0.3, -0.25) is 0 Å². The van der Waals surface area contributed by atoms with Crippen LogP contribution < -0.4 is 4.74 Å². The fourth-order valence-electron chi connectivity index (χ4n) is 1.19. The second kappa shape index (κ2) is 7.31. The lowest BCUT2D eigenvalue weighted by atomic mass is 10.3. The summed E-state index contributed by atoms with van der Waals surface area (Å²) in [6.45, 7) is 3.67. The Labute approximate surface area is 106 Å². The molecule has 7 heteroatoms. The van der Waals surface area contributed by atoms with Gasteiger partial charge in [0, 0.05) is 5.56 Å². The highest BCUT2D eigenvalue weighted by Gasteiger charge is 2.06. The van der Waals surface area contributed by atoms with Gasteiger partial charge in [0.05, 0.1) is 18.5 Å². The van der Waals surface area contributed by atoms with E-state index in [0.717, 1.165) is 12.0 Å². The van der Waals surface area contributed by atoms with Gasteiger partial charge >= 0.3 is 14.0 Å². The normalized spacial score (nSPS) is 10.3. The maximum Gasteiger partial charge on any atom is 0.375 e. The van der Waals surface area contributed by atoms with Crippen molar-refractivity contribution in [2.45, 2.75) is 13.8 Å². The summed E-state index contributed by atoms with van der Waals surface area (Å²) in [5.74, 6) is -0.0759. The van der Waals surface area contributed by atoms with Crippen molar-refractivity contribution in [3.8, 4) is 5.88 Å². The molecule has 1 aromatic heterocycles. The Bertz CT molecular complexity index is 437. The third-order valence-electron chi connectivity index (χ3n) is 1.91. The van der Waals surface area contributed by atoms with Crippen LogP contribution in [0, 0.1) is 6.92 Å². The standard InChI is InChI=1S/C11H13BN2O4/c1-3-16-10(15)6-17-11-8(2)4-9(5-13-11)14-7-18-12/h4-5,7H,3,6H2,1-2H3. The smallest absolute Gasteiger partial charge is 0.375 e. The van der Waals surface area contributed by atoms with Crippen LogP contribution in [0.25, 0.3) is 0 Å². The van der Waals surface area contributed by atoms with E-state index >= 15 is 0 Å². The predicted molar refractivity (Wildman–Crippen MR) is 66.1 cm³/mol. The molecule has 0 bridgehead atoms. The summed E-state index contributed by atoms with van der Waals surface area (Å²) >= 11 is 0. The molecule has 1 rings (SSSR count). The minimum absolute atomic E-state index is 0.170. The fraction of sp³-hybridized carbons (Fsp3) is 0.364. The van der Waals surface area contributed by atoms with Crippen LogP contribution in [0.1, 0.15) is 12.5 Å². The molecule has 0 saturated carbocycles. The Hall–Kier alpha value is -2.05. The predicted octanol–water partition coefficient (Wildman–Crippen LogP) is 1.09. The molecular formula is C11H13BN2O4. The van der Waals surface area contributed by atoms with Crippen molar-refractivity contribution < 1.29 is 18.9 Å². The Morgan fingerprint density at radius 2 is 2.39 bits per heavy atom. The van der Waals surface area contributed by atoms with Crippen LogP contribution in [0.4, 0.5) is 5.69 Å². The summed E-state index contributed by atoms with van der Waals surface area (Å²) in [7, 11) is 4.81. The number of nitrogens with zero attached hydrogens (tertiary/aromatic N) is 2. The van der Waals surface area contributed by atoms with Gasteiger partial charge in [-0.2, -0.15) is 0 Å². The molecule has 0 aromatic carbocycles. The highest BCUT2D eigenvalue weighted by atomic mass is 16.6. The summed E-state index contributed by atoms with van der Waals surface area (Å²) in [4.78, 5) is 19.0. The lowest BCUT2D eigenvalue weighted by molar-refractivity contribution is -0.145. The summed E-state index contributed by atoms with van der Waals surface area (Å²) in [5, 5.41) is 0. The molecule has 1 heterocycles. The highest BCUT2D eigenvalue weighted by molar-refractivity contribution is 6.02. The van der Waals surface area contributed by atoms with E-state index in [0.29, 0.717) is 18.2 Å². The number of hydrogen-bond donors (Lipinski definition) is 0. The fourth-order valence-corrected chi connectivity index (χ4v) is 1.19. The van der Waals surface area contributed by atoms with E-state index in [1.807, 2.05) is 0 Å². The van der Waals surface area contributed by atoms with Gasteiger partial charge < -0.3 is 14.1 Å². The summed E-state index contributed by atoms with van der Waals surface area (Å²) in [6, 6.07) is 1.73. The summed E-state index contributed by atoms with van der Waals surface area (Å²) in [6.07, 6.45) is 2.57. The molecule has 0 aliphatic rings. The first kappa shape index (κ1) is 14.0. The maximum atomic E-state index is 11.1. The number of carbonyl (C=O) groups is 1. The van der Waals surface area contributed by atoms with Gasteiger partial charge in [0.2, 0.25) is 5.88 Å². The summed E-state index contributed by atoms with van der Waals surface area (Å²) in [5.41, 5.74) is 1.31. The molecule has 94 valence electrons. The topological polar surface area (TPSA) is 70.0 Å².